The lowest BCUT2D eigenvalue weighted by atomic mass is 10.0. The van der Waals surface area contributed by atoms with Crippen molar-refractivity contribution in [3.63, 3.8) is 0 Å². The first-order valence-electron chi connectivity index (χ1n) is 13.1. The van der Waals surface area contributed by atoms with E-state index in [-0.39, 0.29) is 36.0 Å². The lowest BCUT2D eigenvalue weighted by Gasteiger charge is -2.11. The standard InChI is InChI=1S/C27H35N5O3.C2H5NO2/c1-18(2)16-20-10-9-11-21-26(20)30-23(28-21)17-32-19(3)14-15-22(27(32)35)29-24(33)12-7-6-8-13-25(34)31(4)5;1-5-2(3)4/h8-11,13-15,18H,6-7,12,16-17H2,1-5H3,(H,28,30)(H,29,33);1H3,(H2,3,4)/b13-8+;. The third kappa shape index (κ3) is 9.72. The quantitative estimate of drug-likeness (QED) is 0.257. The van der Waals surface area contributed by atoms with Crippen LogP contribution >= 0.6 is 0 Å². The molecule has 0 aliphatic heterocycles. The molecule has 3 aromatic rings. The number of nitrogens with one attached hydrogen (secondary N) is 2. The van der Waals surface area contributed by atoms with Gasteiger partial charge in [-0.2, -0.15) is 0 Å². The van der Waals surface area contributed by atoms with E-state index in [1.54, 1.807) is 30.8 Å². The largest absolute Gasteiger partial charge is 0.453 e. The van der Waals surface area contributed by atoms with Crippen molar-refractivity contribution in [1.82, 2.24) is 19.4 Å². The van der Waals surface area contributed by atoms with E-state index in [4.69, 9.17) is 4.98 Å². The number of fused-ring (bicyclic) bond motifs is 1. The van der Waals surface area contributed by atoms with Crippen molar-refractivity contribution in [2.24, 2.45) is 11.7 Å². The zero-order chi connectivity index (χ0) is 29.8. The Morgan fingerprint density at radius 2 is 1.90 bits per heavy atom. The van der Waals surface area contributed by atoms with Crippen LogP contribution in [0, 0.1) is 12.8 Å². The van der Waals surface area contributed by atoms with E-state index in [1.807, 2.05) is 25.1 Å². The van der Waals surface area contributed by atoms with Crippen LogP contribution in [0.15, 0.2) is 47.3 Å². The first-order valence-corrected chi connectivity index (χ1v) is 13.1. The monoisotopic (exact) mass is 552 g/mol. The predicted octanol–water partition coefficient (Wildman–Crippen LogP) is 3.74. The third-order valence-electron chi connectivity index (χ3n) is 5.92. The van der Waals surface area contributed by atoms with E-state index in [9.17, 15) is 19.2 Å². The van der Waals surface area contributed by atoms with Gasteiger partial charge in [0, 0.05) is 26.2 Å². The number of carbonyl (C=O) groups is 3. The van der Waals surface area contributed by atoms with Crippen LogP contribution in [-0.2, 0) is 27.3 Å². The van der Waals surface area contributed by atoms with Crippen LogP contribution in [0.25, 0.3) is 11.0 Å². The van der Waals surface area contributed by atoms with Crippen LogP contribution in [0.1, 0.15) is 50.2 Å². The molecule has 0 aliphatic rings. The van der Waals surface area contributed by atoms with Crippen molar-refractivity contribution in [3.05, 3.63) is 69.9 Å². The average molecular weight is 553 g/mol. The number of hydrogen-bond acceptors (Lipinski definition) is 6. The highest BCUT2D eigenvalue weighted by Crippen LogP contribution is 2.20. The van der Waals surface area contributed by atoms with E-state index in [0.29, 0.717) is 24.6 Å². The van der Waals surface area contributed by atoms with E-state index in [1.165, 1.54) is 23.6 Å². The zero-order valence-corrected chi connectivity index (χ0v) is 24.1. The molecule has 2 heterocycles. The van der Waals surface area contributed by atoms with Gasteiger partial charge in [0.2, 0.25) is 11.8 Å². The predicted molar refractivity (Wildman–Crippen MR) is 156 cm³/mol. The molecule has 0 aliphatic carbocycles. The van der Waals surface area contributed by atoms with Gasteiger partial charge in [-0.15, -0.1) is 0 Å². The molecule has 4 N–H and O–H groups in total. The van der Waals surface area contributed by atoms with E-state index >= 15 is 0 Å². The molecule has 0 bridgehead atoms. The summed E-state index contributed by atoms with van der Waals surface area (Å²) < 4.78 is 5.51. The van der Waals surface area contributed by atoms with Crippen LogP contribution in [0.2, 0.25) is 0 Å². The summed E-state index contributed by atoms with van der Waals surface area (Å²) >= 11 is 0. The second kappa shape index (κ2) is 15.2. The molecule has 216 valence electrons. The Morgan fingerprint density at radius 3 is 2.52 bits per heavy atom. The number of hydrogen-bond donors (Lipinski definition) is 3. The Kier molecular flexibility index (Phi) is 12.1. The summed E-state index contributed by atoms with van der Waals surface area (Å²) in [7, 11) is 4.60. The summed E-state index contributed by atoms with van der Waals surface area (Å²) in [5.74, 6) is 0.897. The van der Waals surface area contributed by atoms with Crippen LogP contribution in [0.5, 0.6) is 0 Å². The first-order chi connectivity index (χ1) is 18.9. The number of unbranched alkanes of at least 4 members (excludes halogenated alkanes) is 1. The molecule has 11 nitrogen and oxygen atoms in total. The van der Waals surface area contributed by atoms with Gasteiger partial charge in [0.15, 0.2) is 0 Å². The molecule has 2 aromatic heterocycles. The number of methoxy groups -OCH3 is 1. The Hall–Kier alpha value is -4.41. The van der Waals surface area contributed by atoms with Crippen molar-refractivity contribution >= 4 is 34.6 Å². The minimum atomic E-state index is -0.745. The number of aromatic amines is 1. The normalized spacial score (nSPS) is 10.9. The fourth-order valence-corrected chi connectivity index (χ4v) is 3.86. The lowest BCUT2D eigenvalue weighted by molar-refractivity contribution is -0.123. The Bertz CT molecular complexity index is 1400. The van der Waals surface area contributed by atoms with Crippen LogP contribution < -0.4 is 16.6 Å². The second-order valence-electron chi connectivity index (χ2n) is 9.97. The Balaban J connectivity index is 0.00000103. The van der Waals surface area contributed by atoms with Crippen molar-refractivity contribution < 1.29 is 19.1 Å². The van der Waals surface area contributed by atoms with E-state index in [2.05, 4.69) is 40.7 Å². The van der Waals surface area contributed by atoms with Crippen LogP contribution in [0.4, 0.5) is 10.5 Å². The molecule has 0 atom stereocenters. The summed E-state index contributed by atoms with van der Waals surface area (Å²) in [6, 6.07) is 9.57. The van der Waals surface area contributed by atoms with E-state index < -0.39 is 6.09 Å². The summed E-state index contributed by atoms with van der Waals surface area (Å²) in [4.78, 5) is 56.0. The van der Waals surface area contributed by atoms with Crippen LogP contribution in [0.3, 0.4) is 0 Å². The van der Waals surface area contributed by atoms with Crippen molar-refractivity contribution in [3.8, 4) is 0 Å². The van der Waals surface area contributed by atoms with Gasteiger partial charge in [0.05, 0.1) is 24.7 Å². The molecular weight excluding hydrogens is 512 g/mol. The zero-order valence-electron chi connectivity index (χ0n) is 24.1. The fourth-order valence-electron chi connectivity index (χ4n) is 3.86. The number of allylic oxidation sites excluding steroid dienone is 1. The number of aromatic nitrogens is 3. The summed E-state index contributed by atoms with van der Waals surface area (Å²) in [5, 5.41) is 2.74. The van der Waals surface area contributed by atoms with Gasteiger partial charge in [-0.3, -0.25) is 14.4 Å². The number of imidazole rings is 1. The Morgan fingerprint density at radius 1 is 1.20 bits per heavy atom. The van der Waals surface area contributed by atoms with Gasteiger partial charge >= 0.3 is 6.09 Å². The maximum absolute atomic E-state index is 13.1. The molecular formula is C29H40N6O5. The minimum absolute atomic E-state index is 0.0877. The molecule has 0 unspecified atom stereocenters. The molecule has 11 heteroatoms. The SMILES string of the molecule is COC(N)=O.Cc1ccc(NC(=O)CCC/C=C/C(=O)N(C)C)c(=O)n1Cc1nc2c(CC(C)C)cccc2[nH]1. The number of likely N-dealkylation sites (N-methyl/N-ethyl adjacent to an activating group) is 1. The maximum atomic E-state index is 13.1. The third-order valence-corrected chi connectivity index (χ3v) is 5.92. The van der Waals surface area contributed by atoms with Crippen molar-refractivity contribution in [2.75, 3.05) is 26.5 Å². The lowest BCUT2D eigenvalue weighted by Crippen LogP contribution is -2.27. The number of anilines is 1. The Labute approximate surface area is 234 Å². The molecule has 0 radical (unpaired) electrons. The smallest absolute Gasteiger partial charge is 0.404 e. The van der Waals surface area contributed by atoms with Crippen molar-refractivity contribution in [1.29, 1.82) is 0 Å². The molecule has 0 saturated heterocycles. The molecule has 1 aromatic carbocycles. The number of nitrogens with zero attached hydrogens (tertiary/aromatic N) is 3. The van der Waals surface area contributed by atoms with Gasteiger partial charge < -0.3 is 30.2 Å². The number of H-pyrrole nitrogens is 1. The van der Waals surface area contributed by atoms with E-state index in [0.717, 1.165) is 23.1 Å². The molecule has 3 rings (SSSR count). The summed E-state index contributed by atoms with van der Waals surface area (Å²) in [5.41, 5.74) is 8.27. The van der Waals surface area contributed by atoms with Gasteiger partial charge in [-0.25, -0.2) is 9.78 Å². The number of para-hydroxylation sites is 1. The highest BCUT2D eigenvalue weighted by atomic mass is 16.5. The van der Waals surface area contributed by atoms with Gasteiger partial charge in [-0.1, -0.05) is 32.1 Å². The van der Waals surface area contributed by atoms with Gasteiger partial charge in [-0.05, 0) is 61.9 Å². The minimum Gasteiger partial charge on any atom is -0.453 e. The fraction of sp³-hybridized carbons (Fsp3) is 0.414. The number of primary amides is 1. The molecule has 0 saturated carbocycles. The number of pyridine rings is 1. The number of nitrogens with two attached hydrogens (primary N) is 1. The molecule has 3 amide bonds. The first kappa shape index (κ1) is 31.8. The van der Waals surface area contributed by atoms with Gasteiger partial charge in [0.25, 0.3) is 5.56 Å². The number of amides is 3. The highest BCUT2D eigenvalue weighted by molar-refractivity contribution is 5.90. The summed E-state index contributed by atoms with van der Waals surface area (Å²) in [6.07, 6.45) is 4.90. The maximum Gasteiger partial charge on any atom is 0.404 e. The topological polar surface area (TPSA) is 152 Å². The average Bonchev–Trinajstić information content (AvgIpc) is 3.31. The highest BCUT2D eigenvalue weighted by Gasteiger charge is 2.13. The molecule has 40 heavy (non-hydrogen) atoms. The number of benzene rings is 1. The van der Waals surface area contributed by atoms with Crippen molar-refractivity contribution in [2.45, 2.75) is 53.0 Å². The number of carbonyl (C=O) groups excluding carboxylic acids is 3. The molecule has 0 fully saturated rings. The second-order valence-corrected chi connectivity index (χ2v) is 9.97. The molecule has 0 spiro atoms. The number of rotatable bonds is 10. The number of aryl methyl sites for hydroxylation is 1. The van der Waals surface area contributed by atoms with Gasteiger partial charge in [0.1, 0.15) is 11.5 Å². The van der Waals surface area contributed by atoms with Crippen LogP contribution in [-0.4, -0.2) is 58.5 Å². The summed E-state index contributed by atoms with van der Waals surface area (Å²) in [6.45, 7) is 6.51. The number of ether oxygens (including phenoxy) is 1.